The minimum Gasteiger partial charge on any atom is -0.493 e. The minimum absolute atomic E-state index is 0.474. The van der Waals surface area contributed by atoms with Crippen molar-refractivity contribution in [3.05, 3.63) is 45.7 Å². The van der Waals surface area contributed by atoms with E-state index in [1.807, 2.05) is 36.9 Å². The molecule has 5 heteroatoms. The number of hydrogen-bond donors (Lipinski definition) is 1. The number of nitrogens with two attached hydrogens (primary N) is 1. The highest BCUT2D eigenvalue weighted by Crippen LogP contribution is 2.27. The molecule has 0 aliphatic rings. The summed E-state index contributed by atoms with van der Waals surface area (Å²) in [5, 5.41) is 4.14. The molecular formula is C14H18BrN3O. The first-order valence-corrected chi connectivity index (χ1v) is 7.00. The Hall–Kier alpha value is -1.33. The highest BCUT2D eigenvalue weighted by atomic mass is 79.9. The molecule has 2 N–H and O–H groups in total. The maximum Gasteiger partial charge on any atom is 0.126 e. The Morgan fingerprint density at radius 2 is 2.21 bits per heavy atom. The van der Waals surface area contributed by atoms with Crippen molar-refractivity contribution in [2.24, 2.45) is 12.8 Å². The van der Waals surface area contributed by atoms with Gasteiger partial charge in [-0.05, 0) is 30.7 Å². The second-order valence-corrected chi connectivity index (χ2v) is 5.38. The molecule has 2 rings (SSSR count). The fourth-order valence-electron chi connectivity index (χ4n) is 2.06. The van der Waals surface area contributed by atoms with Crippen LogP contribution in [0.25, 0.3) is 0 Å². The molecule has 4 nitrogen and oxygen atoms in total. The van der Waals surface area contributed by atoms with Crippen molar-refractivity contribution < 1.29 is 4.74 Å². The average Bonchev–Trinajstić information content (AvgIpc) is 2.77. The molecule has 1 heterocycles. The van der Waals surface area contributed by atoms with Gasteiger partial charge in [-0.2, -0.15) is 5.10 Å². The van der Waals surface area contributed by atoms with Crippen LogP contribution in [0.2, 0.25) is 0 Å². The number of halogens is 1. The van der Waals surface area contributed by atoms with Gasteiger partial charge in [0.05, 0.1) is 6.61 Å². The van der Waals surface area contributed by atoms with E-state index in [1.54, 1.807) is 6.20 Å². The largest absolute Gasteiger partial charge is 0.493 e. The normalized spacial score (nSPS) is 10.7. The SMILES string of the molecule is Cc1cc(Br)cc(CN)c1OCCc1ccnn1C. The van der Waals surface area contributed by atoms with Gasteiger partial charge in [0.25, 0.3) is 0 Å². The Morgan fingerprint density at radius 3 is 2.84 bits per heavy atom. The molecule has 0 bridgehead atoms. The lowest BCUT2D eigenvalue weighted by Crippen LogP contribution is -2.09. The van der Waals surface area contributed by atoms with Crippen LogP contribution >= 0.6 is 15.9 Å². The summed E-state index contributed by atoms with van der Waals surface area (Å²) in [4.78, 5) is 0. The molecule has 0 amide bonds. The second-order valence-electron chi connectivity index (χ2n) is 4.46. The Kier molecular flexibility index (Phi) is 4.61. The predicted molar refractivity (Wildman–Crippen MR) is 79.2 cm³/mol. The van der Waals surface area contributed by atoms with Gasteiger partial charge in [-0.25, -0.2) is 0 Å². The summed E-state index contributed by atoms with van der Waals surface area (Å²) >= 11 is 3.47. The highest BCUT2D eigenvalue weighted by molar-refractivity contribution is 9.10. The number of rotatable bonds is 5. The Labute approximate surface area is 121 Å². The van der Waals surface area contributed by atoms with E-state index in [9.17, 15) is 0 Å². The van der Waals surface area contributed by atoms with Gasteiger partial charge in [0.15, 0.2) is 0 Å². The molecule has 0 saturated heterocycles. The zero-order chi connectivity index (χ0) is 13.8. The number of nitrogens with zero attached hydrogens (tertiary/aromatic N) is 2. The van der Waals surface area contributed by atoms with Crippen LogP contribution in [0.3, 0.4) is 0 Å². The van der Waals surface area contributed by atoms with Gasteiger partial charge < -0.3 is 10.5 Å². The van der Waals surface area contributed by atoms with Crippen LogP contribution in [0, 0.1) is 6.92 Å². The van der Waals surface area contributed by atoms with E-state index in [4.69, 9.17) is 10.5 Å². The summed E-state index contributed by atoms with van der Waals surface area (Å²) in [5.74, 6) is 0.896. The van der Waals surface area contributed by atoms with Gasteiger partial charge in [0, 0.05) is 41.9 Å². The lowest BCUT2D eigenvalue weighted by molar-refractivity contribution is 0.313. The topological polar surface area (TPSA) is 53.1 Å². The number of ether oxygens (including phenoxy) is 1. The second kappa shape index (κ2) is 6.21. The van der Waals surface area contributed by atoms with E-state index in [0.717, 1.165) is 33.5 Å². The molecule has 102 valence electrons. The first kappa shape index (κ1) is 14.1. The summed E-state index contributed by atoms with van der Waals surface area (Å²) < 4.78 is 8.79. The number of hydrogen-bond acceptors (Lipinski definition) is 3. The Balaban J connectivity index is 2.05. The third-order valence-electron chi connectivity index (χ3n) is 3.06. The van der Waals surface area contributed by atoms with Crippen LogP contribution in [0.5, 0.6) is 5.75 Å². The third kappa shape index (κ3) is 3.36. The fraction of sp³-hybridized carbons (Fsp3) is 0.357. The summed E-state index contributed by atoms with van der Waals surface area (Å²) in [6.07, 6.45) is 2.63. The summed E-state index contributed by atoms with van der Waals surface area (Å²) in [6, 6.07) is 6.05. The van der Waals surface area contributed by atoms with Gasteiger partial charge in [-0.15, -0.1) is 0 Å². The first-order chi connectivity index (χ1) is 9.11. The van der Waals surface area contributed by atoms with Crippen molar-refractivity contribution in [1.29, 1.82) is 0 Å². The lowest BCUT2D eigenvalue weighted by atomic mass is 10.1. The van der Waals surface area contributed by atoms with Crippen molar-refractivity contribution in [2.75, 3.05) is 6.61 Å². The maximum atomic E-state index is 5.90. The minimum atomic E-state index is 0.474. The molecule has 0 unspecified atom stereocenters. The van der Waals surface area contributed by atoms with Crippen LogP contribution in [0.1, 0.15) is 16.8 Å². The van der Waals surface area contributed by atoms with Crippen molar-refractivity contribution in [3.8, 4) is 5.75 Å². The summed E-state index contributed by atoms with van der Waals surface area (Å²) in [7, 11) is 1.94. The zero-order valence-electron chi connectivity index (χ0n) is 11.2. The Morgan fingerprint density at radius 1 is 1.42 bits per heavy atom. The Bertz CT molecular complexity index is 566. The van der Waals surface area contributed by atoms with Gasteiger partial charge >= 0.3 is 0 Å². The molecule has 0 saturated carbocycles. The van der Waals surface area contributed by atoms with Gasteiger partial charge in [0.2, 0.25) is 0 Å². The molecular weight excluding hydrogens is 306 g/mol. The van der Waals surface area contributed by atoms with Crippen molar-refractivity contribution in [1.82, 2.24) is 9.78 Å². The predicted octanol–water partition coefficient (Wildman–Crippen LogP) is 2.57. The van der Waals surface area contributed by atoms with E-state index in [1.165, 1.54) is 0 Å². The highest BCUT2D eigenvalue weighted by Gasteiger charge is 2.08. The first-order valence-electron chi connectivity index (χ1n) is 6.20. The third-order valence-corrected chi connectivity index (χ3v) is 3.52. The standard InChI is InChI=1S/C14H18BrN3O/c1-10-7-12(15)8-11(9-16)14(10)19-6-4-13-3-5-17-18(13)2/h3,5,7-8H,4,6,9,16H2,1-2H3. The molecule has 0 spiro atoms. The molecule has 0 aliphatic heterocycles. The van der Waals surface area contributed by atoms with Crippen molar-refractivity contribution >= 4 is 15.9 Å². The van der Waals surface area contributed by atoms with Crippen LogP contribution in [0.15, 0.2) is 28.9 Å². The molecule has 19 heavy (non-hydrogen) atoms. The van der Waals surface area contributed by atoms with Crippen molar-refractivity contribution in [2.45, 2.75) is 19.9 Å². The summed E-state index contributed by atoms with van der Waals surface area (Å²) in [5.41, 5.74) is 9.04. The van der Waals surface area contributed by atoms with E-state index < -0.39 is 0 Å². The molecule has 0 fully saturated rings. The molecule has 0 atom stereocenters. The van der Waals surface area contributed by atoms with E-state index in [0.29, 0.717) is 13.2 Å². The van der Waals surface area contributed by atoms with E-state index in [-0.39, 0.29) is 0 Å². The number of aryl methyl sites for hydroxylation is 2. The van der Waals surface area contributed by atoms with Gasteiger partial charge in [-0.3, -0.25) is 4.68 Å². The lowest BCUT2D eigenvalue weighted by Gasteiger charge is -2.14. The van der Waals surface area contributed by atoms with Crippen LogP contribution < -0.4 is 10.5 Å². The quantitative estimate of drug-likeness (QED) is 0.920. The number of benzene rings is 1. The zero-order valence-corrected chi connectivity index (χ0v) is 12.8. The average molecular weight is 324 g/mol. The maximum absolute atomic E-state index is 5.90. The molecule has 0 aliphatic carbocycles. The van der Waals surface area contributed by atoms with E-state index in [2.05, 4.69) is 21.0 Å². The van der Waals surface area contributed by atoms with Crippen LogP contribution in [0.4, 0.5) is 0 Å². The summed E-state index contributed by atoms with van der Waals surface area (Å²) in [6.45, 7) is 3.12. The molecule has 0 radical (unpaired) electrons. The molecule has 1 aromatic heterocycles. The molecule has 2 aromatic rings. The molecule has 1 aromatic carbocycles. The van der Waals surface area contributed by atoms with Crippen LogP contribution in [-0.2, 0) is 20.0 Å². The number of aromatic nitrogens is 2. The van der Waals surface area contributed by atoms with Gasteiger partial charge in [0.1, 0.15) is 5.75 Å². The van der Waals surface area contributed by atoms with Crippen molar-refractivity contribution in [3.63, 3.8) is 0 Å². The van der Waals surface area contributed by atoms with Crippen LogP contribution in [-0.4, -0.2) is 16.4 Å². The monoisotopic (exact) mass is 323 g/mol. The van der Waals surface area contributed by atoms with E-state index >= 15 is 0 Å². The fourth-order valence-corrected chi connectivity index (χ4v) is 2.68. The van der Waals surface area contributed by atoms with Gasteiger partial charge in [-0.1, -0.05) is 15.9 Å². The smallest absolute Gasteiger partial charge is 0.126 e.